The van der Waals surface area contributed by atoms with Gasteiger partial charge in [-0.3, -0.25) is 9.36 Å². The molecule has 0 atom stereocenters. The monoisotopic (exact) mass is 419 g/mol. The summed E-state index contributed by atoms with van der Waals surface area (Å²) < 4.78 is 7.74. The van der Waals surface area contributed by atoms with Crippen LogP contribution < -0.4 is 11.2 Å². The molecular formula is C19H18ClN3O4S. The number of thiophene rings is 1. The lowest BCUT2D eigenvalue weighted by Crippen LogP contribution is -2.38. The van der Waals surface area contributed by atoms with Crippen LogP contribution in [0.1, 0.15) is 17.4 Å². The van der Waals surface area contributed by atoms with Crippen LogP contribution in [0.15, 0.2) is 33.9 Å². The molecule has 3 heterocycles. The van der Waals surface area contributed by atoms with Gasteiger partial charge in [0, 0.05) is 23.5 Å². The molecule has 3 aromatic rings. The van der Waals surface area contributed by atoms with Crippen LogP contribution in [0.3, 0.4) is 0 Å². The van der Waals surface area contributed by atoms with Gasteiger partial charge >= 0.3 is 11.8 Å². The lowest BCUT2D eigenvalue weighted by Gasteiger charge is -2.25. The Morgan fingerprint density at radius 2 is 1.96 bits per heavy atom. The highest BCUT2D eigenvalue weighted by atomic mass is 35.5. The Balaban J connectivity index is 1.89. The lowest BCUT2D eigenvalue weighted by molar-refractivity contribution is 0.103. The lowest BCUT2D eigenvalue weighted by atomic mass is 10.1. The first-order valence-corrected chi connectivity index (χ1v) is 10.1. The topological polar surface area (TPSA) is 73.5 Å². The van der Waals surface area contributed by atoms with Gasteiger partial charge in [-0.25, -0.2) is 14.2 Å². The number of benzene rings is 1. The standard InChI is InChI=1S/C19H18ClN3O4S/c1-3-27-19(26)22-9-8-13-14(10-22)28-17-15(13)16(24)23(18(25)21(17)2)12-6-4-11(20)5-7-12/h4-7H,3,8-10H2,1-2H3. The van der Waals surface area contributed by atoms with Crippen molar-refractivity contribution in [1.82, 2.24) is 14.0 Å². The maximum Gasteiger partial charge on any atom is 0.410 e. The zero-order chi connectivity index (χ0) is 20.0. The maximum absolute atomic E-state index is 13.3. The van der Waals surface area contributed by atoms with Crippen molar-refractivity contribution in [3.8, 4) is 5.69 Å². The van der Waals surface area contributed by atoms with Gasteiger partial charge in [-0.1, -0.05) is 11.6 Å². The summed E-state index contributed by atoms with van der Waals surface area (Å²) in [7, 11) is 1.65. The number of hydrogen-bond acceptors (Lipinski definition) is 5. The fourth-order valence-electron chi connectivity index (χ4n) is 3.47. The number of rotatable bonds is 2. The van der Waals surface area contributed by atoms with Crippen molar-refractivity contribution in [3.05, 3.63) is 60.6 Å². The number of aryl methyl sites for hydroxylation is 1. The van der Waals surface area contributed by atoms with Crippen molar-refractivity contribution in [2.24, 2.45) is 7.05 Å². The van der Waals surface area contributed by atoms with Gasteiger partial charge in [-0.2, -0.15) is 0 Å². The summed E-state index contributed by atoms with van der Waals surface area (Å²) in [6, 6.07) is 6.59. The van der Waals surface area contributed by atoms with Crippen molar-refractivity contribution < 1.29 is 9.53 Å². The van der Waals surface area contributed by atoms with Crippen LogP contribution in [0.5, 0.6) is 0 Å². The summed E-state index contributed by atoms with van der Waals surface area (Å²) in [5.41, 5.74) is 0.618. The van der Waals surface area contributed by atoms with E-state index < -0.39 is 5.69 Å². The van der Waals surface area contributed by atoms with E-state index in [0.29, 0.717) is 47.0 Å². The van der Waals surface area contributed by atoms with Gasteiger partial charge in [0.2, 0.25) is 0 Å². The Bertz CT molecular complexity index is 1190. The van der Waals surface area contributed by atoms with Crippen LogP contribution in [0.2, 0.25) is 5.02 Å². The minimum Gasteiger partial charge on any atom is -0.450 e. The fraction of sp³-hybridized carbons (Fsp3) is 0.316. The Labute approximate surface area is 169 Å². The van der Waals surface area contributed by atoms with E-state index in [2.05, 4.69) is 0 Å². The second kappa shape index (κ2) is 7.10. The van der Waals surface area contributed by atoms with E-state index in [0.717, 1.165) is 10.4 Å². The summed E-state index contributed by atoms with van der Waals surface area (Å²) in [4.78, 5) is 41.3. The summed E-state index contributed by atoms with van der Waals surface area (Å²) in [5.74, 6) is 0. The van der Waals surface area contributed by atoms with Gasteiger partial charge < -0.3 is 9.64 Å². The first kappa shape index (κ1) is 18.8. The quantitative estimate of drug-likeness (QED) is 0.640. The molecule has 9 heteroatoms. The number of aromatic nitrogens is 2. The van der Waals surface area contributed by atoms with Crippen molar-refractivity contribution >= 4 is 39.2 Å². The van der Waals surface area contributed by atoms with Crippen LogP contribution in [0.25, 0.3) is 15.9 Å². The van der Waals surface area contributed by atoms with E-state index in [1.807, 2.05) is 0 Å². The molecule has 0 fully saturated rings. The molecule has 2 aromatic heterocycles. The number of halogens is 1. The summed E-state index contributed by atoms with van der Waals surface area (Å²) in [6.45, 7) is 2.93. The minimum atomic E-state index is -0.416. The predicted octanol–water partition coefficient (Wildman–Crippen LogP) is 2.92. The van der Waals surface area contributed by atoms with E-state index in [-0.39, 0.29) is 11.7 Å². The number of carbonyl (C=O) groups is 1. The molecule has 0 radical (unpaired) electrons. The third-order valence-corrected chi connectivity index (χ3v) is 6.39. The predicted molar refractivity (Wildman–Crippen MR) is 109 cm³/mol. The Hall–Kier alpha value is -2.58. The van der Waals surface area contributed by atoms with Crippen molar-refractivity contribution in [1.29, 1.82) is 0 Å². The molecule has 1 aliphatic heterocycles. The van der Waals surface area contributed by atoms with E-state index in [9.17, 15) is 14.4 Å². The van der Waals surface area contributed by atoms with E-state index in [4.69, 9.17) is 16.3 Å². The number of nitrogens with zero attached hydrogens (tertiary/aromatic N) is 3. The molecule has 0 saturated heterocycles. The van der Waals surface area contributed by atoms with Crippen LogP contribution >= 0.6 is 22.9 Å². The molecule has 0 spiro atoms. The highest BCUT2D eigenvalue weighted by molar-refractivity contribution is 7.18. The normalized spacial score (nSPS) is 13.6. The van der Waals surface area contributed by atoms with Crippen LogP contribution in [-0.2, 0) is 24.8 Å². The van der Waals surface area contributed by atoms with Crippen LogP contribution in [-0.4, -0.2) is 33.3 Å². The summed E-state index contributed by atoms with van der Waals surface area (Å²) in [6.07, 6.45) is 0.181. The fourth-order valence-corrected chi connectivity index (χ4v) is 4.90. The van der Waals surface area contributed by atoms with Gasteiger partial charge in [-0.15, -0.1) is 11.3 Å². The van der Waals surface area contributed by atoms with Gasteiger partial charge in [-0.05, 0) is 43.2 Å². The summed E-state index contributed by atoms with van der Waals surface area (Å²) in [5, 5.41) is 1.07. The van der Waals surface area contributed by atoms with Gasteiger partial charge in [0.25, 0.3) is 5.56 Å². The average molecular weight is 420 g/mol. The molecule has 146 valence electrons. The van der Waals surface area contributed by atoms with Gasteiger partial charge in [0.05, 0.1) is 24.2 Å². The van der Waals surface area contributed by atoms with Crippen molar-refractivity contribution in [2.45, 2.75) is 19.9 Å². The minimum absolute atomic E-state index is 0.314. The third kappa shape index (κ3) is 2.93. The summed E-state index contributed by atoms with van der Waals surface area (Å²) >= 11 is 7.31. The highest BCUT2D eigenvalue weighted by Crippen LogP contribution is 2.33. The highest BCUT2D eigenvalue weighted by Gasteiger charge is 2.28. The average Bonchev–Trinajstić information content (AvgIpc) is 3.07. The van der Waals surface area contributed by atoms with E-state index in [1.54, 1.807) is 43.1 Å². The molecule has 28 heavy (non-hydrogen) atoms. The smallest absolute Gasteiger partial charge is 0.410 e. The number of ether oxygens (including phenoxy) is 1. The molecule has 7 nitrogen and oxygen atoms in total. The number of amides is 1. The van der Waals surface area contributed by atoms with E-state index in [1.165, 1.54) is 20.5 Å². The molecule has 0 unspecified atom stereocenters. The van der Waals surface area contributed by atoms with Crippen molar-refractivity contribution in [3.63, 3.8) is 0 Å². The first-order valence-electron chi connectivity index (χ1n) is 8.86. The third-order valence-electron chi connectivity index (χ3n) is 4.85. The molecule has 0 saturated carbocycles. The SMILES string of the molecule is CCOC(=O)N1CCc2c(sc3c2c(=O)n(-c2ccc(Cl)cc2)c(=O)n3C)C1. The number of hydrogen-bond donors (Lipinski definition) is 0. The molecule has 1 aromatic carbocycles. The number of fused-ring (bicyclic) bond motifs is 3. The molecule has 4 rings (SSSR count). The Kier molecular flexibility index (Phi) is 4.76. The molecule has 1 aliphatic rings. The second-order valence-corrected chi connectivity index (χ2v) is 8.03. The molecule has 0 bridgehead atoms. The Morgan fingerprint density at radius 3 is 2.64 bits per heavy atom. The van der Waals surface area contributed by atoms with Gasteiger partial charge in [0.1, 0.15) is 4.83 Å². The van der Waals surface area contributed by atoms with Crippen molar-refractivity contribution in [2.75, 3.05) is 13.2 Å². The molecule has 0 aliphatic carbocycles. The zero-order valence-corrected chi connectivity index (χ0v) is 17.0. The first-order chi connectivity index (χ1) is 13.4. The molecular weight excluding hydrogens is 402 g/mol. The number of carbonyl (C=O) groups excluding carboxylic acids is 1. The van der Waals surface area contributed by atoms with Crippen LogP contribution in [0, 0.1) is 0 Å². The van der Waals surface area contributed by atoms with Crippen LogP contribution in [0.4, 0.5) is 4.79 Å². The maximum atomic E-state index is 13.3. The largest absolute Gasteiger partial charge is 0.450 e. The van der Waals surface area contributed by atoms with Gasteiger partial charge in [0.15, 0.2) is 0 Å². The molecule has 1 amide bonds. The molecule has 0 N–H and O–H groups in total. The Morgan fingerprint density at radius 1 is 1.25 bits per heavy atom. The zero-order valence-electron chi connectivity index (χ0n) is 15.4. The van der Waals surface area contributed by atoms with E-state index >= 15 is 0 Å². The second-order valence-electron chi connectivity index (χ2n) is 6.51.